The Bertz CT molecular complexity index is 1240. The normalized spacial score (nSPS) is 30.9. The van der Waals surface area contributed by atoms with E-state index in [1.807, 2.05) is 0 Å². The lowest BCUT2D eigenvalue weighted by Gasteiger charge is -2.38. The van der Waals surface area contributed by atoms with Crippen LogP contribution in [0.25, 0.3) is 0 Å². The number of hydrogen-bond acceptors (Lipinski definition) is 6. The number of esters is 1. The Morgan fingerprint density at radius 3 is 2.37 bits per heavy atom. The average molecular weight is 595 g/mol. The average Bonchev–Trinajstić information content (AvgIpc) is 3.33. The van der Waals surface area contributed by atoms with Crippen LogP contribution in [0.5, 0.6) is 0 Å². The van der Waals surface area contributed by atoms with E-state index in [0.717, 1.165) is 35.8 Å². The van der Waals surface area contributed by atoms with Gasteiger partial charge in [0.2, 0.25) is 0 Å². The number of rotatable bonds is 9. The molecule has 0 saturated heterocycles. The van der Waals surface area contributed by atoms with Gasteiger partial charge in [-0.1, -0.05) is 76.6 Å². The highest BCUT2D eigenvalue weighted by molar-refractivity contribution is 5.91. The van der Waals surface area contributed by atoms with E-state index in [9.17, 15) is 25.6 Å². The van der Waals surface area contributed by atoms with Crippen LogP contribution in [0, 0.1) is 45.4 Å². The number of quaternary nitrogens is 2. The zero-order valence-corrected chi connectivity index (χ0v) is 26.4. The van der Waals surface area contributed by atoms with Gasteiger partial charge in [-0.15, -0.1) is 0 Å². The van der Waals surface area contributed by atoms with Gasteiger partial charge in [0.1, 0.15) is 6.10 Å². The first-order valence-electron chi connectivity index (χ1n) is 15.9. The van der Waals surface area contributed by atoms with Crippen molar-refractivity contribution < 1.29 is 30.4 Å². The number of hydrogen-bond donors (Lipinski definition) is 4. The maximum absolute atomic E-state index is 13.0. The van der Waals surface area contributed by atoms with E-state index < -0.39 is 22.5 Å². The van der Waals surface area contributed by atoms with E-state index in [-0.39, 0.29) is 16.9 Å². The van der Waals surface area contributed by atoms with Gasteiger partial charge in [-0.3, -0.25) is 0 Å². The van der Waals surface area contributed by atoms with Gasteiger partial charge < -0.3 is 15.2 Å². The van der Waals surface area contributed by atoms with Gasteiger partial charge in [0.15, 0.2) is 11.4 Å². The van der Waals surface area contributed by atoms with Gasteiger partial charge in [-0.05, 0) is 85.5 Å². The maximum Gasteiger partial charge on any atom is 0.338 e. The quantitative estimate of drug-likeness (QED) is 0.151. The third-order valence-corrected chi connectivity index (χ3v) is 10.4. The monoisotopic (exact) mass is 594 g/mol. The zero-order chi connectivity index (χ0) is 31.5. The van der Waals surface area contributed by atoms with Crippen LogP contribution in [-0.2, 0) is 4.74 Å². The summed E-state index contributed by atoms with van der Waals surface area (Å²) in [5, 5.41) is 39.0. The molecule has 3 fully saturated rings. The van der Waals surface area contributed by atoms with Gasteiger partial charge in [0, 0.05) is 18.6 Å². The minimum Gasteiger partial charge on any atom is -0.595 e. The Kier molecular flexibility index (Phi) is 10.9. The fourth-order valence-electron chi connectivity index (χ4n) is 7.18. The first-order valence-corrected chi connectivity index (χ1v) is 15.9. The number of carbonyl (C=O) groups is 1. The Labute approximate surface area is 256 Å². The van der Waals surface area contributed by atoms with E-state index in [0.29, 0.717) is 54.3 Å². The molecule has 2 unspecified atom stereocenters. The summed E-state index contributed by atoms with van der Waals surface area (Å²) in [6, 6.07) is 3.36. The molecule has 0 amide bonds. The third kappa shape index (κ3) is 8.12. The lowest BCUT2D eigenvalue weighted by Crippen LogP contribution is -3.00. The van der Waals surface area contributed by atoms with Crippen molar-refractivity contribution in [3.63, 3.8) is 0 Å². The number of benzene rings is 1. The minimum absolute atomic E-state index is 0.0747. The number of fused-ring (bicyclic) bond motifs is 1. The predicted octanol–water partition coefficient (Wildman–Crippen LogP) is 6.31. The van der Waals surface area contributed by atoms with Crippen molar-refractivity contribution in [3.05, 3.63) is 81.8 Å². The molecular formula is C35H50N2O6. The molecule has 3 aliphatic carbocycles. The van der Waals surface area contributed by atoms with E-state index in [1.165, 1.54) is 31.3 Å². The molecule has 0 radical (unpaired) electrons. The van der Waals surface area contributed by atoms with Gasteiger partial charge in [0.05, 0.1) is 11.6 Å². The number of allylic oxidation sites excluding steroid dienone is 6. The summed E-state index contributed by atoms with van der Waals surface area (Å²) in [7, 11) is 0. The van der Waals surface area contributed by atoms with Crippen LogP contribution in [0.4, 0.5) is 11.4 Å². The molecule has 0 aromatic heterocycles. The number of carbonyl (C=O) groups excluding carboxylic acids is 1. The zero-order valence-electron chi connectivity index (χ0n) is 26.4. The first-order chi connectivity index (χ1) is 20.3. The molecule has 0 heterocycles. The van der Waals surface area contributed by atoms with Gasteiger partial charge >= 0.3 is 5.97 Å². The van der Waals surface area contributed by atoms with Crippen LogP contribution in [0.3, 0.4) is 0 Å². The standard InChI is InChI=1S/C35H50N2O6/c1-22(2)23(3)9-10-25(5)29-19-33-26(8-7-15-35(33,6)21-29)12-13-27-18-32(14-11-24(27)4)43-34(38)28-16-30(36(39)40)20-31(17-28)37(41)42/h9-10,12-13,16-17,20,22-23,25,29,32-33,36-37,39,41H,4,7-8,11,14-15,18-19,21H2,1-3,5-6H3/t23-,25-,29+,32-,33+,35-/m1/s1. The number of nitrogens with one attached hydrogen (secondary N) is 2. The van der Waals surface area contributed by atoms with Crippen LogP contribution in [0.2, 0.25) is 0 Å². The largest absolute Gasteiger partial charge is 0.595 e. The molecule has 3 saturated carbocycles. The molecule has 0 spiro atoms. The van der Waals surface area contributed by atoms with Crippen LogP contribution >= 0.6 is 0 Å². The SMILES string of the molecule is C=C1CC[C@@H](OC(=O)c2cc([NH+]([O-])O)cc([NH+]([O-])O)c2)CC1=CC=C1CCC[C@]2(C)C[C@@H]([C@H](C)C=C[C@@H](C)C(C)C)C[C@@H]12. The van der Waals surface area contributed by atoms with Crippen LogP contribution < -0.4 is 10.5 Å². The molecular weight excluding hydrogens is 544 g/mol. The molecule has 8 heteroatoms. The molecule has 43 heavy (non-hydrogen) atoms. The second-order valence-corrected chi connectivity index (χ2v) is 13.8. The Morgan fingerprint density at radius 2 is 1.74 bits per heavy atom. The Hall–Kier alpha value is -2.59. The lowest BCUT2D eigenvalue weighted by molar-refractivity contribution is -0.996. The van der Waals surface area contributed by atoms with E-state index in [2.05, 4.69) is 65.5 Å². The molecule has 0 bridgehead atoms. The van der Waals surface area contributed by atoms with Gasteiger partial charge in [0.25, 0.3) is 0 Å². The van der Waals surface area contributed by atoms with Gasteiger partial charge in [-0.25, -0.2) is 15.2 Å². The van der Waals surface area contributed by atoms with Crippen molar-refractivity contribution >= 4 is 17.3 Å². The van der Waals surface area contributed by atoms with Crippen molar-refractivity contribution in [2.24, 2.45) is 35.0 Å². The molecule has 1 aromatic rings. The molecule has 236 valence electrons. The minimum atomic E-state index is -1.30. The molecule has 8 atom stereocenters. The van der Waals surface area contributed by atoms with Crippen LogP contribution in [0.15, 0.2) is 65.8 Å². The maximum atomic E-state index is 13.0. The summed E-state index contributed by atoms with van der Waals surface area (Å²) >= 11 is 0. The Balaban J connectivity index is 1.46. The molecule has 3 aliphatic rings. The third-order valence-electron chi connectivity index (χ3n) is 10.4. The van der Waals surface area contributed by atoms with E-state index >= 15 is 0 Å². The molecule has 4 rings (SSSR count). The van der Waals surface area contributed by atoms with Gasteiger partial charge in [-0.2, -0.15) is 10.5 Å². The van der Waals surface area contributed by atoms with E-state index in [4.69, 9.17) is 4.74 Å². The summed E-state index contributed by atoms with van der Waals surface area (Å²) in [5.41, 5.74) is 3.37. The van der Waals surface area contributed by atoms with Crippen molar-refractivity contribution in [3.8, 4) is 0 Å². The summed E-state index contributed by atoms with van der Waals surface area (Å²) in [4.78, 5) is 13.0. The van der Waals surface area contributed by atoms with Crippen molar-refractivity contribution in [1.29, 1.82) is 0 Å². The van der Waals surface area contributed by atoms with Crippen LogP contribution in [-0.4, -0.2) is 22.5 Å². The summed E-state index contributed by atoms with van der Waals surface area (Å²) in [6.07, 6.45) is 16.9. The smallest absolute Gasteiger partial charge is 0.338 e. The molecule has 1 aromatic carbocycles. The summed E-state index contributed by atoms with van der Waals surface area (Å²) in [5.74, 6) is 2.37. The van der Waals surface area contributed by atoms with Crippen molar-refractivity contribution in [2.75, 3.05) is 0 Å². The molecule has 0 aliphatic heterocycles. The highest BCUT2D eigenvalue weighted by atomic mass is 16.8. The van der Waals surface area contributed by atoms with Crippen LogP contribution in [0.1, 0.15) is 96.3 Å². The highest BCUT2D eigenvalue weighted by Gasteiger charge is 2.47. The van der Waals surface area contributed by atoms with Crippen molar-refractivity contribution in [2.45, 2.75) is 92.1 Å². The first kappa shape index (κ1) is 33.3. The summed E-state index contributed by atoms with van der Waals surface area (Å²) in [6.45, 7) is 16.0. The van der Waals surface area contributed by atoms with Crippen molar-refractivity contribution in [1.82, 2.24) is 0 Å². The highest BCUT2D eigenvalue weighted by Crippen LogP contribution is 2.58. The molecule has 8 nitrogen and oxygen atoms in total. The second kappa shape index (κ2) is 14.0. The number of ether oxygens (including phenoxy) is 1. The predicted molar refractivity (Wildman–Crippen MR) is 167 cm³/mol. The van der Waals surface area contributed by atoms with E-state index in [1.54, 1.807) is 0 Å². The Morgan fingerprint density at radius 1 is 1.07 bits per heavy atom. The second-order valence-electron chi connectivity index (χ2n) is 13.8. The molecule has 4 N–H and O–H groups in total. The topological polar surface area (TPSA) is 122 Å². The fourth-order valence-corrected chi connectivity index (χ4v) is 7.18. The fraction of sp³-hybridized carbons (Fsp3) is 0.571. The lowest BCUT2D eigenvalue weighted by atomic mass is 9.67. The summed E-state index contributed by atoms with van der Waals surface area (Å²) < 4.78 is 5.76.